The Morgan fingerprint density at radius 1 is 0.618 bits per heavy atom. The molecule has 0 amide bonds. The van der Waals surface area contributed by atoms with Gasteiger partial charge in [-0.1, -0.05) is 35.9 Å². The predicted molar refractivity (Wildman–Crippen MR) is 284 cm³/mol. The summed E-state index contributed by atoms with van der Waals surface area (Å²) < 4.78 is 80.2. The van der Waals surface area contributed by atoms with Gasteiger partial charge in [-0.2, -0.15) is 0 Å². The third kappa shape index (κ3) is 11.2. The van der Waals surface area contributed by atoms with E-state index in [1.54, 1.807) is 12.1 Å². The van der Waals surface area contributed by atoms with Crippen molar-refractivity contribution < 1.29 is 42.0 Å². The fourth-order valence-electron chi connectivity index (χ4n) is 11.6. The molecule has 8 atom stereocenters. The molecule has 2 saturated carbocycles. The van der Waals surface area contributed by atoms with Crippen molar-refractivity contribution in [3.05, 3.63) is 114 Å². The molecule has 2 saturated heterocycles. The molecule has 0 bridgehead atoms. The molecule has 4 fully saturated rings. The molecule has 22 heteroatoms. The minimum absolute atomic E-state index is 0. The molecule has 9 N–H and O–H groups in total. The first-order chi connectivity index (χ1) is 35.5. The zero-order chi connectivity index (χ0) is 51.5. The van der Waals surface area contributed by atoms with E-state index in [1.807, 2.05) is 88.6 Å². The second kappa shape index (κ2) is 22.0. The van der Waals surface area contributed by atoms with E-state index in [0.29, 0.717) is 22.6 Å². The third-order valence-electron chi connectivity index (χ3n) is 14.8. The molecule has 2 aromatic carbocycles. The average Bonchev–Trinajstić information content (AvgIpc) is 4.24. The van der Waals surface area contributed by atoms with Gasteiger partial charge >= 0.3 is 0 Å². The van der Waals surface area contributed by atoms with E-state index in [2.05, 4.69) is 61.8 Å². The van der Waals surface area contributed by atoms with Crippen LogP contribution in [0.4, 0.5) is 35.0 Å². The second-order valence-corrected chi connectivity index (χ2v) is 21.0. The highest BCUT2D eigenvalue weighted by Gasteiger charge is 2.55. The van der Waals surface area contributed by atoms with Crippen molar-refractivity contribution in [3.8, 4) is 0 Å². The molecule has 0 unspecified atom stereocenters. The molecule has 6 aromatic heterocycles. The topological polar surface area (TPSA) is 241 Å². The van der Waals surface area contributed by atoms with E-state index < -0.39 is 37.5 Å². The molecule has 0 spiro atoms. The Morgan fingerprint density at radius 3 is 1.54 bits per heavy atom. The van der Waals surface area contributed by atoms with Gasteiger partial charge in [0.1, 0.15) is 58.8 Å². The van der Waals surface area contributed by atoms with Crippen LogP contribution in [0.5, 0.6) is 0 Å². The number of rotatable bonds is 14. The summed E-state index contributed by atoms with van der Waals surface area (Å²) in [4.78, 5) is 26.3. The van der Waals surface area contributed by atoms with Crippen LogP contribution in [-0.4, -0.2) is 106 Å². The molecule has 4 aliphatic rings. The second-order valence-electron chi connectivity index (χ2n) is 20.7. The van der Waals surface area contributed by atoms with Crippen molar-refractivity contribution in [2.24, 2.45) is 11.8 Å². The van der Waals surface area contributed by atoms with Gasteiger partial charge < -0.3 is 56.1 Å². The number of hydrogen-bond acceptors (Lipinski definition) is 14. The summed E-state index contributed by atoms with van der Waals surface area (Å²) in [7, 11) is 0. The number of anilines is 3. The molecule has 2 aliphatic carbocycles. The molecule has 76 heavy (non-hydrogen) atoms. The summed E-state index contributed by atoms with van der Waals surface area (Å²) in [5, 5.41) is 9.43. The van der Waals surface area contributed by atoms with Crippen LogP contribution in [0.2, 0.25) is 5.15 Å². The zero-order valence-electron chi connectivity index (χ0n) is 42.6. The quantitative estimate of drug-likeness (QED) is 0.0585. The van der Waals surface area contributed by atoms with Gasteiger partial charge in [0.25, 0.3) is 12.9 Å². The number of alkyl halides is 4. The first-order valence-electron chi connectivity index (χ1n) is 25.1. The first-order valence-corrected chi connectivity index (χ1v) is 25.5. The van der Waals surface area contributed by atoms with Crippen molar-refractivity contribution in [1.29, 1.82) is 0 Å². The Kier molecular flexibility index (Phi) is 15.7. The van der Waals surface area contributed by atoms with E-state index in [4.69, 9.17) is 36.3 Å². The van der Waals surface area contributed by atoms with E-state index in [-0.39, 0.29) is 60.0 Å². The molecule has 12 rings (SSSR count). The number of fused-ring (bicyclic) bond motifs is 6. The van der Waals surface area contributed by atoms with Crippen LogP contribution >= 0.6 is 11.6 Å². The Morgan fingerprint density at radius 2 is 1.05 bits per heavy atom. The lowest BCUT2D eigenvalue weighted by Gasteiger charge is -2.24. The number of nitrogens with two attached hydrogens (primary N) is 1. The number of halogens is 5. The number of ether oxygens (including phenoxy) is 4. The zero-order valence-corrected chi connectivity index (χ0v) is 43.3. The fraction of sp³-hybridized carbons (Fsp3) is 0.444. The fourth-order valence-corrected chi connectivity index (χ4v) is 11.8. The van der Waals surface area contributed by atoms with Gasteiger partial charge in [-0.15, -0.1) is 0 Å². The third-order valence-corrected chi connectivity index (χ3v) is 15.1. The highest BCUT2D eigenvalue weighted by Crippen LogP contribution is 2.51. The average molecular weight is 1070 g/mol. The van der Waals surface area contributed by atoms with Crippen LogP contribution in [0.15, 0.2) is 97.8 Å². The van der Waals surface area contributed by atoms with Crippen LogP contribution in [0.1, 0.15) is 76.6 Å². The number of nitrogens with one attached hydrogen (secondary N) is 2. The predicted octanol–water partition coefficient (Wildman–Crippen LogP) is 10.3. The maximum Gasteiger partial charge on any atom is 0.255 e. The van der Waals surface area contributed by atoms with E-state index in [9.17, 15) is 17.6 Å². The summed E-state index contributed by atoms with van der Waals surface area (Å²) in [6.45, 7) is 7.00. The summed E-state index contributed by atoms with van der Waals surface area (Å²) in [6, 6.07) is 23.7. The van der Waals surface area contributed by atoms with Gasteiger partial charge in [-0.05, 0) is 138 Å². The molecular weight excluding hydrogens is 1010 g/mol. The van der Waals surface area contributed by atoms with E-state index >= 15 is 0 Å². The SMILES string of the molecule is CC1(C)O[C@@H]2[C@@H](CCc3ccc4ccc(NCC(F)F)nc4c3)C[C@@H](n3ccc4c(Cl)ncnc43)[C@@H]2O1.CC1(C)O[C@@H]2[C@@H](CCc3ccc4ccc(NCC(F)F)nc4c3)C[C@@H](n3ccc4c(N)ncnc43)[C@@H]2O1.N.O. The first kappa shape index (κ1) is 54.5. The maximum atomic E-state index is 12.6. The molecular formula is C54H63ClF4N12O5. The highest BCUT2D eigenvalue weighted by atomic mass is 35.5. The number of aryl methyl sites for hydroxylation is 2. The minimum Gasteiger partial charge on any atom is -0.412 e. The standard InChI is InChI=1S/C27H28ClF2N5O2.C27H30F2N6O2.H3N.H2O/c1-27(2)36-23-17(12-20(24(23)37-27)35-10-9-18-25(28)32-14-33-26(18)35)6-4-15-3-5-16-7-8-22(31-13-21(29)30)34-19(16)11-15;1-27(2)36-23-17(12-20(24(23)37-27)35-10-9-18-25(30)32-14-33-26(18)35)6-4-15-3-5-16-7-8-22(31-13-21(28)29)34-19(16)11-15;;/h3,5,7-11,14,17,20-21,23-24H,4,6,12-13H2,1-2H3,(H,31,34);3,5,7-11,14,17,20-21,23-24H,4,6,12-13H2,1-2H3,(H,31,34)(H2,30,32,33);1H3;1H2/t2*17-,20+,23+,24-;;/m00../s1. The largest absolute Gasteiger partial charge is 0.412 e. The van der Waals surface area contributed by atoms with Gasteiger partial charge in [-0.3, -0.25) is 0 Å². The van der Waals surface area contributed by atoms with Gasteiger partial charge in [-0.25, -0.2) is 47.5 Å². The van der Waals surface area contributed by atoms with Gasteiger partial charge in [0.15, 0.2) is 11.6 Å². The summed E-state index contributed by atoms with van der Waals surface area (Å²) >= 11 is 6.30. The lowest BCUT2D eigenvalue weighted by atomic mass is 9.95. The molecule has 8 heterocycles. The van der Waals surface area contributed by atoms with E-state index in [1.165, 1.54) is 12.7 Å². The number of benzene rings is 2. The molecule has 404 valence electrons. The number of nitrogens with zero attached hydrogens (tertiary/aromatic N) is 8. The van der Waals surface area contributed by atoms with Gasteiger partial charge in [0, 0.05) is 23.2 Å². The lowest BCUT2D eigenvalue weighted by molar-refractivity contribution is -0.160. The lowest BCUT2D eigenvalue weighted by Crippen LogP contribution is -2.27. The van der Waals surface area contributed by atoms with Crippen LogP contribution in [0.25, 0.3) is 43.9 Å². The summed E-state index contributed by atoms with van der Waals surface area (Å²) in [6.07, 6.45) is 7.24. The number of aromatic nitrogens is 8. The van der Waals surface area contributed by atoms with Crippen LogP contribution < -0.4 is 22.5 Å². The van der Waals surface area contributed by atoms with Crippen molar-refractivity contribution in [2.45, 2.75) is 127 Å². The number of nitrogen functional groups attached to an aromatic ring is 1. The summed E-state index contributed by atoms with van der Waals surface area (Å²) in [5.41, 5.74) is 11.6. The molecule has 0 radical (unpaired) electrons. The van der Waals surface area contributed by atoms with Gasteiger partial charge in [0.05, 0.1) is 59.2 Å². The normalized spacial score (nSPS) is 24.1. The molecule has 2 aliphatic heterocycles. The van der Waals surface area contributed by atoms with Crippen molar-refractivity contribution in [2.75, 3.05) is 29.5 Å². The van der Waals surface area contributed by atoms with Crippen molar-refractivity contribution in [3.63, 3.8) is 0 Å². The monoisotopic (exact) mass is 1070 g/mol. The van der Waals surface area contributed by atoms with Crippen molar-refractivity contribution in [1.82, 2.24) is 45.2 Å². The van der Waals surface area contributed by atoms with Crippen LogP contribution in [0.3, 0.4) is 0 Å². The Balaban J connectivity index is 0.000000181. The van der Waals surface area contributed by atoms with Crippen LogP contribution in [-0.2, 0) is 31.8 Å². The van der Waals surface area contributed by atoms with Crippen LogP contribution in [0, 0.1) is 11.8 Å². The highest BCUT2D eigenvalue weighted by molar-refractivity contribution is 6.33. The smallest absolute Gasteiger partial charge is 0.255 e. The molecule has 8 aromatic rings. The number of hydrogen-bond donors (Lipinski definition) is 4. The Labute approximate surface area is 441 Å². The molecule has 17 nitrogen and oxygen atoms in total. The Bertz CT molecular complexity index is 3110. The number of pyridine rings is 2. The maximum absolute atomic E-state index is 12.6. The Hall–Kier alpha value is -6.33. The van der Waals surface area contributed by atoms with Crippen molar-refractivity contribution >= 4 is 72.9 Å². The van der Waals surface area contributed by atoms with Gasteiger partial charge in [0.2, 0.25) is 0 Å². The minimum atomic E-state index is -2.43. The van der Waals surface area contributed by atoms with E-state index in [0.717, 1.165) is 93.5 Å². The summed E-state index contributed by atoms with van der Waals surface area (Å²) in [5.74, 6) is 0.636.